The lowest BCUT2D eigenvalue weighted by atomic mass is 9.97. The van der Waals surface area contributed by atoms with Crippen molar-refractivity contribution >= 4 is 38.5 Å². The molecule has 3 atom stereocenters. The second-order valence-corrected chi connectivity index (χ2v) is 6.72. The van der Waals surface area contributed by atoms with Crippen molar-refractivity contribution in [1.82, 2.24) is 0 Å². The Morgan fingerprint density at radius 2 is 1.14 bits per heavy atom. The predicted molar refractivity (Wildman–Crippen MR) is 110 cm³/mol. The van der Waals surface area contributed by atoms with Gasteiger partial charge in [0.05, 0.1) is 0 Å². The minimum atomic E-state index is 1.01. The van der Waals surface area contributed by atoms with Gasteiger partial charge in [-0.1, -0.05) is 48.5 Å². The first-order valence-corrected chi connectivity index (χ1v) is 9.95. The Morgan fingerprint density at radius 3 is 1.73 bits per heavy atom. The van der Waals surface area contributed by atoms with E-state index in [0.717, 1.165) is 18.5 Å². The van der Waals surface area contributed by atoms with E-state index in [2.05, 4.69) is 82.3 Å². The molecule has 0 saturated heterocycles. The van der Waals surface area contributed by atoms with E-state index >= 15 is 0 Å². The molecule has 3 aromatic rings. The Morgan fingerprint density at radius 1 is 0.545 bits per heavy atom. The highest BCUT2D eigenvalue weighted by Gasteiger charge is 2.05. The molecule has 0 spiro atoms. The smallest absolute Gasteiger partial charge is 0.0125 e. The average molecular weight is 342 g/mol. The number of fused-ring (bicyclic) bond motifs is 1. The van der Waals surface area contributed by atoms with E-state index in [4.69, 9.17) is 0 Å². The molecule has 112 valence electrons. The van der Waals surface area contributed by atoms with Crippen LogP contribution in [0.3, 0.4) is 0 Å². The first kappa shape index (κ1) is 16.1. The second-order valence-electron chi connectivity index (χ2n) is 5.49. The van der Waals surface area contributed by atoms with Gasteiger partial charge in [-0.05, 0) is 63.1 Å². The van der Waals surface area contributed by atoms with Gasteiger partial charge in [0.1, 0.15) is 0 Å². The number of rotatable bonds is 4. The van der Waals surface area contributed by atoms with Crippen molar-refractivity contribution in [3.05, 3.63) is 71.3 Å². The lowest BCUT2D eigenvalue weighted by Crippen LogP contribution is -1.89. The maximum Gasteiger partial charge on any atom is -0.0125 e. The number of hydrogen-bond acceptors (Lipinski definition) is 0. The maximum atomic E-state index is 2.84. The van der Waals surface area contributed by atoms with Gasteiger partial charge in [0, 0.05) is 0 Å². The van der Waals surface area contributed by atoms with E-state index in [1.54, 1.807) is 0 Å². The SMILES string of the molecule is PCc1ccc(-c2ccc3cc(CP)c(CP)cc3c2)cc1. The molecule has 3 heteroatoms. The van der Waals surface area contributed by atoms with Crippen LogP contribution in [0.25, 0.3) is 21.9 Å². The fourth-order valence-electron chi connectivity index (χ4n) is 2.78. The summed E-state index contributed by atoms with van der Waals surface area (Å²) in [5.41, 5.74) is 6.76. The topological polar surface area (TPSA) is 0 Å². The standard InChI is InChI=1S/C19H21P3/c20-10-13-1-3-14(4-2-13)15-5-6-16-8-18(11-21)19(12-22)9-17(16)7-15/h1-9H,10-12,20-22H2. The third kappa shape index (κ3) is 3.26. The third-order valence-electron chi connectivity index (χ3n) is 4.12. The minimum Gasteiger partial charge on any atom is -0.133 e. The summed E-state index contributed by atoms with van der Waals surface area (Å²) < 4.78 is 0. The molecule has 0 bridgehead atoms. The van der Waals surface area contributed by atoms with Crippen LogP contribution in [-0.4, -0.2) is 0 Å². The summed E-state index contributed by atoms with van der Waals surface area (Å²) in [6.07, 6.45) is 3.03. The summed E-state index contributed by atoms with van der Waals surface area (Å²) in [5, 5.41) is 2.65. The number of benzene rings is 3. The van der Waals surface area contributed by atoms with Gasteiger partial charge in [-0.2, -0.15) is 0 Å². The molecule has 0 nitrogen and oxygen atoms in total. The Labute approximate surface area is 139 Å². The van der Waals surface area contributed by atoms with Gasteiger partial charge >= 0.3 is 0 Å². The van der Waals surface area contributed by atoms with Crippen molar-refractivity contribution in [2.24, 2.45) is 0 Å². The summed E-state index contributed by atoms with van der Waals surface area (Å²) in [4.78, 5) is 0. The van der Waals surface area contributed by atoms with Crippen LogP contribution in [0.5, 0.6) is 0 Å². The first-order valence-electron chi connectivity index (χ1n) is 7.50. The molecule has 0 aliphatic carbocycles. The highest BCUT2D eigenvalue weighted by Crippen LogP contribution is 2.29. The second kappa shape index (κ2) is 7.19. The summed E-state index contributed by atoms with van der Waals surface area (Å²) in [7, 11) is 8.45. The van der Waals surface area contributed by atoms with Gasteiger partial charge < -0.3 is 0 Å². The maximum absolute atomic E-state index is 2.84. The van der Waals surface area contributed by atoms with Crippen LogP contribution in [-0.2, 0) is 18.5 Å². The zero-order chi connectivity index (χ0) is 15.5. The Balaban J connectivity index is 2.08. The van der Waals surface area contributed by atoms with Crippen LogP contribution in [0.4, 0.5) is 0 Å². The van der Waals surface area contributed by atoms with Crippen molar-refractivity contribution in [1.29, 1.82) is 0 Å². The highest BCUT2D eigenvalue weighted by atomic mass is 31.0. The summed E-state index contributed by atoms with van der Waals surface area (Å²) in [5.74, 6) is 0. The van der Waals surface area contributed by atoms with Crippen LogP contribution in [0, 0.1) is 0 Å². The quantitative estimate of drug-likeness (QED) is 0.539. The molecule has 0 aromatic heterocycles. The van der Waals surface area contributed by atoms with Crippen molar-refractivity contribution in [3.63, 3.8) is 0 Å². The molecule has 22 heavy (non-hydrogen) atoms. The summed E-state index contributed by atoms with van der Waals surface area (Å²) in [6, 6.07) is 20.3. The van der Waals surface area contributed by atoms with Crippen LogP contribution in [0.1, 0.15) is 16.7 Å². The lowest BCUT2D eigenvalue weighted by molar-refractivity contribution is 1.30. The fourth-order valence-corrected chi connectivity index (χ4v) is 3.82. The zero-order valence-corrected chi connectivity index (χ0v) is 16.0. The van der Waals surface area contributed by atoms with Crippen LogP contribution >= 0.6 is 27.7 Å². The molecule has 0 amide bonds. The zero-order valence-electron chi connectivity index (χ0n) is 12.5. The molecule has 3 aromatic carbocycles. The van der Waals surface area contributed by atoms with Gasteiger partial charge in [-0.15, -0.1) is 27.7 Å². The van der Waals surface area contributed by atoms with Crippen molar-refractivity contribution in [3.8, 4) is 11.1 Å². The molecular formula is C19H21P3. The Kier molecular flexibility index (Phi) is 5.25. The summed E-state index contributed by atoms with van der Waals surface area (Å²) >= 11 is 0. The summed E-state index contributed by atoms with van der Waals surface area (Å²) in [6.45, 7) is 0. The van der Waals surface area contributed by atoms with Crippen molar-refractivity contribution in [2.75, 3.05) is 0 Å². The van der Waals surface area contributed by atoms with Crippen molar-refractivity contribution < 1.29 is 0 Å². The van der Waals surface area contributed by atoms with E-state index in [0.29, 0.717) is 0 Å². The molecule has 0 saturated carbocycles. The molecule has 3 unspecified atom stereocenters. The molecule has 0 aliphatic heterocycles. The third-order valence-corrected chi connectivity index (χ3v) is 5.47. The van der Waals surface area contributed by atoms with E-state index in [1.807, 2.05) is 0 Å². The largest absolute Gasteiger partial charge is 0.133 e. The van der Waals surface area contributed by atoms with E-state index in [9.17, 15) is 0 Å². The molecule has 3 rings (SSSR count). The minimum absolute atomic E-state index is 1.01. The first-order chi connectivity index (χ1) is 10.7. The number of hydrogen-bond donors (Lipinski definition) is 0. The molecular weight excluding hydrogens is 321 g/mol. The highest BCUT2D eigenvalue weighted by molar-refractivity contribution is 7.16. The van der Waals surface area contributed by atoms with E-state index < -0.39 is 0 Å². The Hall–Kier alpha value is -0.790. The average Bonchev–Trinajstić information content (AvgIpc) is 2.60. The van der Waals surface area contributed by atoms with Crippen molar-refractivity contribution in [2.45, 2.75) is 18.5 Å². The molecule has 0 fully saturated rings. The van der Waals surface area contributed by atoms with Gasteiger partial charge in [0.15, 0.2) is 0 Å². The monoisotopic (exact) mass is 342 g/mol. The van der Waals surface area contributed by atoms with Crippen LogP contribution in [0.15, 0.2) is 54.6 Å². The fraction of sp³-hybridized carbons (Fsp3) is 0.158. The van der Waals surface area contributed by atoms with Gasteiger partial charge in [0.2, 0.25) is 0 Å². The Bertz CT molecular complexity index is 792. The van der Waals surface area contributed by atoms with Gasteiger partial charge in [-0.3, -0.25) is 0 Å². The predicted octanol–water partition coefficient (Wildman–Crippen LogP) is 5.63. The van der Waals surface area contributed by atoms with E-state index in [-0.39, 0.29) is 0 Å². The molecule has 0 N–H and O–H groups in total. The normalized spacial score (nSPS) is 11.0. The van der Waals surface area contributed by atoms with Crippen LogP contribution in [0.2, 0.25) is 0 Å². The van der Waals surface area contributed by atoms with E-state index in [1.165, 1.54) is 38.6 Å². The molecule has 0 radical (unpaired) electrons. The molecule has 0 heterocycles. The lowest BCUT2D eigenvalue weighted by Gasteiger charge is -2.10. The van der Waals surface area contributed by atoms with Gasteiger partial charge in [0.25, 0.3) is 0 Å². The van der Waals surface area contributed by atoms with Gasteiger partial charge in [-0.25, -0.2) is 0 Å². The molecule has 0 aliphatic rings. The van der Waals surface area contributed by atoms with Crippen LogP contribution < -0.4 is 0 Å².